The highest BCUT2D eigenvalue weighted by molar-refractivity contribution is 6.31. The fourth-order valence-corrected chi connectivity index (χ4v) is 2.74. The SMILES string of the molecule is C#CCC(CCC)c1c(C)c(Cl)cc(C)c1OC. The highest BCUT2D eigenvalue weighted by Crippen LogP contribution is 2.40. The number of rotatable bonds is 5. The van der Waals surface area contributed by atoms with Gasteiger partial charge in [-0.05, 0) is 43.4 Å². The van der Waals surface area contributed by atoms with Gasteiger partial charge in [-0.25, -0.2) is 0 Å². The maximum Gasteiger partial charge on any atom is 0.125 e. The molecule has 18 heavy (non-hydrogen) atoms. The van der Waals surface area contributed by atoms with Crippen molar-refractivity contribution >= 4 is 11.6 Å². The van der Waals surface area contributed by atoms with E-state index in [1.807, 2.05) is 19.9 Å². The van der Waals surface area contributed by atoms with Crippen molar-refractivity contribution in [1.29, 1.82) is 0 Å². The topological polar surface area (TPSA) is 9.23 Å². The van der Waals surface area contributed by atoms with Crippen LogP contribution in [0, 0.1) is 26.2 Å². The zero-order valence-corrected chi connectivity index (χ0v) is 12.4. The van der Waals surface area contributed by atoms with E-state index in [1.165, 1.54) is 5.56 Å². The van der Waals surface area contributed by atoms with Gasteiger partial charge in [0.05, 0.1) is 7.11 Å². The van der Waals surface area contributed by atoms with Crippen LogP contribution in [0.15, 0.2) is 6.07 Å². The van der Waals surface area contributed by atoms with Crippen LogP contribution in [0.25, 0.3) is 0 Å². The molecule has 0 saturated carbocycles. The first-order chi connectivity index (χ1) is 8.56. The molecule has 1 aromatic rings. The molecule has 0 aromatic heterocycles. The minimum Gasteiger partial charge on any atom is -0.496 e. The lowest BCUT2D eigenvalue weighted by Gasteiger charge is -2.22. The van der Waals surface area contributed by atoms with Crippen LogP contribution in [-0.2, 0) is 0 Å². The third-order valence-electron chi connectivity index (χ3n) is 3.32. The van der Waals surface area contributed by atoms with Gasteiger partial charge in [0.25, 0.3) is 0 Å². The summed E-state index contributed by atoms with van der Waals surface area (Å²) in [6, 6.07) is 1.96. The Kier molecular flexibility index (Phi) is 5.56. The predicted octanol–water partition coefficient (Wildman–Crippen LogP) is 4.87. The van der Waals surface area contributed by atoms with Crippen LogP contribution in [0.1, 0.15) is 48.8 Å². The van der Waals surface area contributed by atoms with E-state index in [1.54, 1.807) is 7.11 Å². The number of halogens is 1. The zero-order chi connectivity index (χ0) is 13.7. The monoisotopic (exact) mass is 264 g/mol. The highest BCUT2D eigenvalue weighted by atomic mass is 35.5. The molecule has 0 N–H and O–H groups in total. The molecule has 0 aliphatic heterocycles. The van der Waals surface area contributed by atoms with Crippen molar-refractivity contribution in [3.63, 3.8) is 0 Å². The van der Waals surface area contributed by atoms with Crippen LogP contribution in [0.4, 0.5) is 0 Å². The Morgan fingerprint density at radius 1 is 1.44 bits per heavy atom. The summed E-state index contributed by atoms with van der Waals surface area (Å²) < 4.78 is 5.56. The summed E-state index contributed by atoms with van der Waals surface area (Å²) in [7, 11) is 1.71. The second-order valence-corrected chi connectivity index (χ2v) is 5.05. The van der Waals surface area contributed by atoms with Crippen LogP contribution in [-0.4, -0.2) is 7.11 Å². The average molecular weight is 265 g/mol. The van der Waals surface area contributed by atoms with Crippen molar-refractivity contribution in [3.05, 3.63) is 27.8 Å². The van der Waals surface area contributed by atoms with Gasteiger partial charge in [0.15, 0.2) is 0 Å². The third kappa shape index (κ3) is 3.00. The molecule has 1 aromatic carbocycles. The molecule has 1 nitrogen and oxygen atoms in total. The standard InChI is InChI=1S/C16H21ClO/c1-6-8-13(9-7-2)15-12(4)14(17)10-11(3)16(15)18-5/h1,10,13H,7-9H2,2-5H3. The van der Waals surface area contributed by atoms with Crippen LogP contribution >= 0.6 is 11.6 Å². The van der Waals surface area contributed by atoms with E-state index in [9.17, 15) is 0 Å². The van der Waals surface area contributed by atoms with E-state index in [0.717, 1.165) is 41.2 Å². The summed E-state index contributed by atoms with van der Waals surface area (Å²) in [6.45, 7) is 6.23. The molecular weight excluding hydrogens is 244 g/mol. The van der Waals surface area contributed by atoms with Crippen molar-refractivity contribution < 1.29 is 4.74 Å². The quantitative estimate of drug-likeness (QED) is 0.689. The Morgan fingerprint density at radius 2 is 2.11 bits per heavy atom. The fourth-order valence-electron chi connectivity index (χ4n) is 2.48. The molecule has 0 aliphatic carbocycles. The number of aryl methyl sites for hydroxylation is 1. The minimum atomic E-state index is 0.326. The van der Waals surface area contributed by atoms with Crippen molar-refractivity contribution in [2.75, 3.05) is 7.11 Å². The Labute approximate surface area is 115 Å². The van der Waals surface area contributed by atoms with E-state index in [4.69, 9.17) is 22.8 Å². The summed E-state index contributed by atoms with van der Waals surface area (Å²) in [4.78, 5) is 0. The molecule has 0 heterocycles. The smallest absolute Gasteiger partial charge is 0.125 e. The largest absolute Gasteiger partial charge is 0.496 e. The molecule has 0 amide bonds. The molecule has 0 saturated heterocycles. The first kappa shape index (κ1) is 14.9. The van der Waals surface area contributed by atoms with Crippen molar-refractivity contribution in [2.24, 2.45) is 0 Å². The summed E-state index contributed by atoms with van der Waals surface area (Å²) in [5.41, 5.74) is 3.34. The molecule has 0 radical (unpaired) electrons. The number of benzene rings is 1. The van der Waals surface area contributed by atoms with Crippen molar-refractivity contribution in [2.45, 2.75) is 46.0 Å². The fraction of sp³-hybridized carbons (Fsp3) is 0.500. The number of terminal acetylenes is 1. The maximum atomic E-state index is 6.29. The number of ether oxygens (including phenoxy) is 1. The molecular formula is C16H21ClO. The van der Waals surface area contributed by atoms with Crippen molar-refractivity contribution in [1.82, 2.24) is 0 Å². The normalized spacial score (nSPS) is 12.0. The number of methoxy groups -OCH3 is 1. The molecule has 98 valence electrons. The third-order valence-corrected chi connectivity index (χ3v) is 3.71. The lowest BCUT2D eigenvalue weighted by Crippen LogP contribution is -2.05. The first-order valence-corrected chi connectivity index (χ1v) is 6.71. The number of hydrogen-bond donors (Lipinski definition) is 0. The van der Waals surface area contributed by atoms with Gasteiger partial charge in [-0.15, -0.1) is 12.3 Å². The molecule has 0 aliphatic rings. The average Bonchev–Trinajstić information content (AvgIpc) is 2.33. The molecule has 0 fully saturated rings. The van der Waals surface area contributed by atoms with Crippen LogP contribution in [0.5, 0.6) is 5.75 Å². The van der Waals surface area contributed by atoms with E-state index < -0.39 is 0 Å². The summed E-state index contributed by atoms with van der Waals surface area (Å²) in [5.74, 6) is 4.03. The van der Waals surface area contributed by atoms with Gasteiger partial charge in [0, 0.05) is 17.0 Å². The molecule has 1 rings (SSSR count). The van der Waals surface area contributed by atoms with E-state index in [-0.39, 0.29) is 0 Å². The summed E-state index contributed by atoms with van der Waals surface area (Å²) >= 11 is 6.29. The van der Waals surface area contributed by atoms with Crippen molar-refractivity contribution in [3.8, 4) is 18.1 Å². The second-order valence-electron chi connectivity index (χ2n) is 4.64. The Morgan fingerprint density at radius 3 is 2.61 bits per heavy atom. The molecule has 1 unspecified atom stereocenters. The minimum absolute atomic E-state index is 0.326. The Balaban J connectivity index is 3.39. The van der Waals surface area contributed by atoms with E-state index >= 15 is 0 Å². The zero-order valence-electron chi connectivity index (χ0n) is 11.6. The van der Waals surface area contributed by atoms with Gasteiger partial charge in [-0.3, -0.25) is 0 Å². The van der Waals surface area contributed by atoms with Gasteiger partial charge < -0.3 is 4.74 Å². The summed E-state index contributed by atoms with van der Waals surface area (Å²) in [6.07, 6.45) is 8.37. The Hall–Kier alpha value is -1.13. The van der Waals surface area contributed by atoms with Crippen LogP contribution in [0.3, 0.4) is 0 Å². The van der Waals surface area contributed by atoms with E-state index in [2.05, 4.69) is 12.8 Å². The predicted molar refractivity (Wildman–Crippen MR) is 78.6 cm³/mol. The second kappa shape index (κ2) is 6.71. The van der Waals surface area contributed by atoms with Crippen LogP contribution in [0.2, 0.25) is 5.02 Å². The lowest BCUT2D eigenvalue weighted by atomic mass is 9.86. The number of hydrogen-bond acceptors (Lipinski definition) is 1. The highest BCUT2D eigenvalue weighted by Gasteiger charge is 2.20. The Bertz CT molecular complexity index is 457. The van der Waals surface area contributed by atoms with Gasteiger partial charge in [0.2, 0.25) is 0 Å². The molecule has 0 bridgehead atoms. The maximum absolute atomic E-state index is 6.29. The van der Waals surface area contributed by atoms with Gasteiger partial charge in [0.1, 0.15) is 5.75 Å². The van der Waals surface area contributed by atoms with Gasteiger partial charge in [-0.1, -0.05) is 24.9 Å². The lowest BCUT2D eigenvalue weighted by molar-refractivity contribution is 0.400. The first-order valence-electron chi connectivity index (χ1n) is 6.33. The summed E-state index contributed by atoms with van der Waals surface area (Å²) in [5, 5.41) is 0.793. The molecule has 0 spiro atoms. The molecule has 1 atom stereocenters. The van der Waals surface area contributed by atoms with Crippen LogP contribution < -0.4 is 4.74 Å². The van der Waals surface area contributed by atoms with E-state index in [0.29, 0.717) is 5.92 Å². The van der Waals surface area contributed by atoms with Gasteiger partial charge in [-0.2, -0.15) is 0 Å². The molecule has 2 heteroatoms. The van der Waals surface area contributed by atoms with Gasteiger partial charge >= 0.3 is 0 Å².